The first-order valence-electron chi connectivity index (χ1n) is 6.26. The molecule has 0 bridgehead atoms. The summed E-state index contributed by atoms with van der Waals surface area (Å²) in [6.45, 7) is 0. The average molecular weight is 260 g/mol. The van der Waals surface area contributed by atoms with Crippen LogP contribution in [0.15, 0.2) is 49.1 Å². The van der Waals surface area contributed by atoms with E-state index >= 15 is 0 Å². The van der Waals surface area contributed by atoms with E-state index in [-0.39, 0.29) is 0 Å². The first-order valence-corrected chi connectivity index (χ1v) is 6.26. The normalized spacial score (nSPS) is 12.0. The monoisotopic (exact) mass is 260 g/mol. The molecule has 20 heavy (non-hydrogen) atoms. The second kappa shape index (κ2) is 3.30. The van der Waals surface area contributed by atoms with Gasteiger partial charge in [0.25, 0.3) is 0 Å². The van der Waals surface area contributed by atoms with E-state index in [9.17, 15) is 0 Å². The Hall–Kier alpha value is -3.02. The summed E-state index contributed by atoms with van der Waals surface area (Å²) >= 11 is 0. The second-order valence-electron chi connectivity index (χ2n) is 4.64. The lowest BCUT2D eigenvalue weighted by Gasteiger charge is -2.07. The van der Waals surface area contributed by atoms with Crippen molar-refractivity contribution in [3.8, 4) is 0 Å². The zero-order valence-electron chi connectivity index (χ0n) is 10.3. The molecule has 6 nitrogen and oxygen atoms in total. The number of rotatable bonds is 0. The molecule has 0 amide bonds. The third-order valence-electron chi connectivity index (χ3n) is 3.62. The van der Waals surface area contributed by atoms with Gasteiger partial charge in [0, 0.05) is 10.8 Å². The molecule has 94 valence electrons. The van der Waals surface area contributed by atoms with E-state index in [1.807, 2.05) is 33.3 Å². The molecule has 0 aliphatic carbocycles. The van der Waals surface area contributed by atoms with E-state index in [0.717, 1.165) is 33.1 Å². The van der Waals surface area contributed by atoms with Gasteiger partial charge in [-0.2, -0.15) is 10.2 Å². The van der Waals surface area contributed by atoms with Gasteiger partial charge in [0.15, 0.2) is 11.3 Å². The molecule has 6 heteroatoms. The smallest absolute Gasteiger partial charge is 0.163 e. The van der Waals surface area contributed by atoms with Crippen molar-refractivity contribution in [3.05, 3.63) is 49.1 Å². The van der Waals surface area contributed by atoms with Gasteiger partial charge in [-0.25, -0.2) is 19.0 Å². The van der Waals surface area contributed by atoms with Gasteiger partial charge in [-0.1, -0.05) is 24.3 Å². The molecule has 0 fully saturated rings. The van der Waals surface area contributed by atoms with Crippen LogP contribution in [0.4, 0.5) is 0 Å². The van der Waals surface area contributed by atoms with E-state index in [4.69, 9.17) is 0 Å². The van der Waals surface area contributed by atoms with Gasteiger partial charge in [0.05, 0.1) is 5.52 Å². The molecule has 0 unspecified atom stereocenters. The van der Waals surface area contributed by atoms with Crippen LogP contribution in [-0.4, -0.2) is 29.2 Å². The van der Waals surface area contributed by atoms with Crippen LogP contribution in [0.2, 0.25) is 0 Å². The van der Waals surface area contributed by atoms with Crippen molar-refractivity contribution in [3.63, 3.8) is 0 Å². The van der Waals surface area contributed by atoms with Crippen LogP contribution in [0.5, 0.6) is 0 Å². The van der Waals surface area contributed by atoms with Crippen molar-refractivity contribution in [1.29, 1.82) is 0 Å². The molecule has 1 aromatic carbocycles. The van der Waals surface area contributed by atoms with Crippen molar-refractivity contribution in [2.75, 3.05) is 0 Å². The molecular formula is C14H8N6. The minimum Gasteiger partial charge on any atom is -0.215 e. The van der Waals surface area contributed by atoms with Gasteiger partial charge in [-0.3, -0.25) is 0 Å². The minimum atomic E-state index is 0.821. The Balaban J connectivity index is 2.28. The summed E-state index contributed by atoms with van der Waals surface area (Å²) in [7, 11) is 0. The Bertz CT molecular complexity index is 1100. The predicted octanol–water partition coefficient (Wildman–Crippen LogP) is 2.08. The van der Waals surface area contributed by atoms with Crippen LogP contribution in [-0.2, 0) is 0 Å². The largest absolute Gasteiger partial charge is 0.215 e. The molecular weight excluding hydrogens is 252 g/mol. The lowest BCUT2D eigenvalue weighted by atomic mass is 10.1. The first-order chi connectivity index (χ1) is 9.93. The summed E-state index contributed by atoms with van der Waals surface area (Å²) in [5.41, 5.74) is 3.64. The third kappa shape index (κ3) is 1.04. The molecule has 0 N–H and O–H groups in total. The number of benzene rings is 1. The predicted molar refractivity (Wildman–Crippen MR) is 74.5 cm³/mol. The highest BCUT2D eigenvalue weighted by Crippen LogP contribution is 2.27. The number of nitrogens with zero attached hydrogens (tertiary/aromatic N) is 6. The second-order valence-corrected chi connectivity index (χ2v) is 4.64. The molecule has 5 rings (SSSR count). The van der Waals surface area contributed by atoms with Crippen molar-refractivity contribution in [2.24, 2.45) is 0 Å². The molecule has 0 spiro atoms. The van der Waals surface area contributed by atoms with Crippen LogP contribution in [0, 0.1) is 0 Å². The van der Waals surface area contributed by atoms with Crippen LogP contribution >= 0.6 is 0 Å². The fourth-order valence-corrected chi connectivity index (χ4v) is 2.79. The van der Waals surface area contributed by atoms with Crippen molar-refractivity contribution < 1.29 is 0 Å². The summed E-state index contributed by atoms with van der Waals surface area (Å²) in [6.07, 6.45) is 3.14. The summed E-state index contributed by atoms with van der Waals surface area (Å²) in [6, 6.07) is 12.1. The van der Waals surface area contributed by atoms with Crippen LogP contribution in [0.25, 0.3) is 33.1 Å². The minimum absolute atomic E-state index is 0.821. The van der Waals surface area contributed by atoms with Gasteiger partial charge in [-0.15, -0.1) is 0 Å². The fourth-order valence-electron chi connectivity index (χ4n) is 2.79. The quantitative estimate of drug-likeness (QED) is 0.400. The summed E-state index contributed by atoms with van der Waals surface area (Å²) in [4.78, 5) is 8.62. The van der Waals surface area contributed by atoms with Gasteiger partial charge in [0.1, 0.15) is 18.2 Å². The van der Waals surface area contributed by atoms with Gasteiger partial charge >= 0.3 is 0 Å². The maximum absolute atomic E-state index is 4.37. The highest BCUT2D eigenvalue weighted by molar-refractivity contribution is 6.10. The molecule has 0 aliphatic heterocycles. The van der Waals surface area contributed by atoms with Gasteiger partial charge in [0.2, 0.25) is 0 Å². The van der Waals surface area contributed by atoms with E-state index in [1.165, 1.54) is 0 Å². The van der Waals surface area contributed by atoms with Gasteiger partial charge in [-0.05, 0) is 12.1 Å². The SMILES string of the molecule is c1ccc2c(c1)c1ncnn1c1ccc3ncnn3c21. The van der Waals surface area contributed by atoms with E-state index in [1.54, 1.807) is 12.7 Å². The number of pyridine rings is 2. The molecule has 5 aromatic rings. The highest BCUT2D eigenvalue weighted by atomic mass is 15.3. The zero-order chi connectivity index (χ0) is 13.1. The Morgan fingerprint density at radius 3 is 2.50 bits per heavy atom. The van der Waals surface area contributed by atoms with E-state index < -0.39 is 0 Å². The average Bonchev–Trinajstić information content (AvgIpc) is 3.15. The molecule has 0 saturated heterocycles. The van der Waals surface area contributed by atoms with E-state index in [0.29, 0.717) is 0 Å². The Kier molecular flexibility index (Phi) is 1.62. The van der Waals surface area contributed by atoms with Crippen molar-refractivity contribution in [2.45, 2.75) is 0 Å². The number of hydrogen-bond donors (Lipinski definition) is 0. The van der Waals surface area contributed by atoms with E-state index in [2.05, 4.69) is 32.3 Å². The third-order valence-corrected chi connectivity index (χ3v) is 3.62. The van der Waals surface area contributed by atoms with Crippen molar-refractivity contribution in [1.82, 2.24) is 29.2 Å². The Morgan fingerprint density at radius 1 is 0.750 bits per heavy atom. The zero-order valence-corrected chi connectivity index (χ0v) is 10.3. The summed E-state index contributed by atoms with van der Waals surface area (Å²) < 4.78 is 3.69. The van der Waals surface area contributed by atoms with Crippen LogP contribution in [0.3, 0.4) is 0 Å². The molecule has 0 aliphatic rings. The molecule has 0 atom stereocenters. The summed E-state index contributed by atoms with van der Waals surface area (Å²) in [5, 5.41) is 10.8. The number of hydrogen-bond acceptors (Lipinski definition) is 4. The van der Waals surface area contributed by atoms with Crippen molar-refractivity contribution >= 4 is 33.1 Å². The summed E-state index contributed by atoms with van der Waals surface area (Å²) in [5.74, 6) is 0. The maximum atomic E-state index is 4.37. The Morgan fingerprint density at radius 2 is 1.55 bits per heavy atom. The number of aromatic nitrogens is 6. The van der Waals surface area contributed by atoms with Gasteiger partial charge < -0.3 is 0 Å². The molecule has 4 heterocycles. The topological polar surface area (TPSA) is 60.4 Å². The highest BCUT2D eigenvalue weighted by Gasteiger charge is 2.13. The number of fused-ring (bicyclic) bond motifs is 8. The Labute approximate surface area is 112 Å². The standard InChI is InChI=1S/C14H8N6/c1-2-4-10-9(3-1)13-11(19-14(10)16-8-17-19)5-6-12-15-7-18-20(12)13/h1-8H. The first kappa shape index (κ1) is 9.85. The van der Waals surface area contributed by atoms with Crippen LogP contribution in [0.1, 0.15) is 0 Å². The fraction of sp³-hybridized carbons (Fsp3) is 0. The maximum Gasteiger partial charge on any atom is 0.163 e. The molecule has 0 saturated carbocycles. The molecule has 0 radical (unpaired) electrons. The lowest BCUT2D eigenvalue weighted by Crippen LogP contribution is -1.98. The lowest BCUT2D eigenvalue weighted by molar-refractivity contribution is 0.974. The molecule has 4 aromatic heterocycles. The van der Waals surface area contributed by atoms with Crippen LogP contribution < -0.4 is 0 Å².